The molecule has 2 aromatic rings. The number of nitrogens with one attached hydrogen (secondary N) is 2. The van der Waals surface area contributed by atoms with Crippen molar-refractivity contribution in [3.05, 3.63) is 35.7 Å². The Balaban J connectivity index is 0.00000200. The second-order valence-electron chi connectivity index (χ2n) is 3.51. The Hall–Kier alpha value is -1.99. The predicted molar refractivity (Wildman–Crippen MR) is 82.4 cm³/mol. The number of rotatable bonds is 3. The van der Waals surface area contributed by atoms with Crippen LogP contribution in [0, 0.1) is 0 Å². The topological polar surface area (TPSA) is 87.1 Å². The SMILES string of the molecule is C.O=C(O)Nc1cccc(Nc2nc(Cl)ncc2S)c1. The van der Waals surface area contributed by atoms with E-state index in [1.165, 1.54) is 6.20 Å². The van der Waals surface area contributed by atoms with Crippen LogP contribution in [0.4, 0.5) is 22.0 Å². The molecule has 8 heteroatoms. The summed E-state index contributed by atoms with van der Waals surface area (Å²) in [5, 5.41) is 14.0. The van der Waals surface area contributed by atoms with Crippen LogP contribution in [0.1, 0.15) is 7.43 Å². The third-order valence-corrected chi connectivity index (χ3v) is 2.63. The summed E-state index contributed by atoms with van der Waals surface area (Å²) in [6.45, 7) is 0. The van der Waals surface area contributed by atoms with Gasteiger partial charge in [-0.15, -0.1) is 12.6 Å². The third kappa shape index (κ3) is 4.29. The highest BCUT2D eigenvalue weighted by atomic mass is 35.5. The summed E-state index contributed by atoms with van der Waals surface area (Å²) < 4.78 is 0. The van der Waals surface area contributed by atoms with Gasteiger partial charge < -0.3 is 10.4 Å². The Morgan fingerprint density at radius 1 is 1.35 bits per heavy atom. The lowest BCUT2D eigenvalue weighted by molar-refractivity contribution is 0.210. The molecular formula is C12H13ClN4O2S. The number of hydrogen-bond acceptors (Lipinski definition) is 5. The van der Waals surface area contributed by atoms with Crippen molar-refractivity contribution in [1.82, 2.24) is 9.97 Å². The van der Waals surface area contributed by atoms with Gasteiger partial charge in [0.1, 0.15) is 5.82 Å². The van der Waals surface area contributed by atoms with Crippen LogP contribution in [-0.4, -0.2) is 21.2 Å². The minimum atomic E-state index is -1.13. The van der Waals surface area contributed by atoms with Crippen LogP contribution in [0.2, 0.25) is 5.28 Å². The zero-order valence-corrected chi connectivity index (χ0v) is 11.1. The molecule has 0 fully saturated rings. The molecule has 1 aromatic heterocycles. The summed E-state index contributed by atoms with van der Waals surface area (Å²) in [4.78, 5) is 18.9. The van der Waals surface area contributed by atoms with Crippen LogP contribution in [0.3, 0.4) is 0 Å². The Morgan fingerprint density at radius 2 is 2.05 bits per heavy atom. The molecule has 3 N–H and O–H groups in total. The number of carboxylic acid groups (broad SMARTS) is 1. The minimum absolute atomic E-state index is 0. The quantitative estimate of drug-likeness (QED) is 0.510. The lowest BCUT2D eigenvalue weighted by atomic mass is 10.3. The number of amides is 1. The fraction of sp³-hybridized carbons (Fsp3) is 0.0833. The molecule has 0 spiro atoms. The van der Waals surface area contributed by atoms with E-state index in [9.17, 15) is 4.79 Å². The van der Waals surface area contributed by atoms with Crippen molar-refractivity contribution in [2.45, 2.75) is 12.3 Å². The van der Waals surface area contributed by atoms with Gasteiger partial charge in [0.25, 0.3) is 0 Å². The van der Waals surface area contributed by atoms with E-state index in [4.69, 9.17) is 16.7 Å². The molecule has 0 aliphatic carbocycles. The zero-order chi connectivity index (χ0) is 13.8. The van der Waals surface area contributed by atoms with E-state index in [1.807, 2.05) is 0 Å². The Kier molecular flexibility index (Phi) is 5.60. The monoisotopic (exact) mass is 312 g/mol. The maximum absolute atomic E-state index is 10.6. The van der Waals surface area contributed by atoms with E-state index in [0.717, 1.165) is 0 Å². The van der Waals surface area contributed by atoms with Gasteiger partial charge in [-0.25, -0.2) is 9.78 Å². The summed E-state index contributed by atoms with van der Waals surface area (Å²) in [6, 6.07) is 6.72. The van der Waals surface area contributed by atoms with E-state index >= 15 is 0 Å². The number of benzene rings is 1. The molecular weight excluding hydrogens is 300 g/mol. The van der Waals surface area contributed by atoms with Gasteiger partial charge in [0.05, 0.1) is 4.90 Å². The molecule has 2 rings (SSSR count). The maximum Gasteiger partial charge on any atom is 0.409 e. The second kappa shape index (κ2) is 6.97. The molecule has 106 valence electrons. The lowest BCUT2D eigenvalue weighted by Crippen LogP contribution is -2.07. The smallest absolute Gasteiger partial charge is 0.409 e. The van der Waals surface area contributed by atoms with Gasteiger partial charge in [0.15, 0.2) is 0 Å². The normalized spacial score (nSPS) is 9.50. The largest absolute Gasteiger partial charge is 0.465 e. The van der Waals surface area contributed by atoms with Crippen LogP contribution >= 0.6 is 24.2 Å². The van der Waals surface area contributed by atoms with Crippen molar-refractivity contribution < 1.29 is 9.90 Å². The predicted octanol–water partition coefficient (Wildman–Crippen LogP) is 3.89. The molecule has 1 heterocycles. The van der Waals surface area contributed by atoms with Crippen molar-refractivity contribution in [2.75, 3.05) is 10.6 Å². The van der Waals surface area contributed by atoms with Crippen molar-refractivity contribution in [1.29, 1.82) is 0 Å². The van der Waals surface area contributed by atoms with Crippen molar-refractivity contribution >= 4 is 47.5 Å². The first kappa shape index (κ1) is 16.1. The van der Waals surface area contributed by atoms with E-state index in [2.05, 4.69) is 33.2 Å². The lowest BCUT2D eigenvalue weighted by Gasteiger charge is -2.09. The first-order chi connectivity index (χ1) is 9.04. The highest BCUT2D eigenvalue weighted by molar-refractivity contribution is 7.80. The molecule has 0 unspecified atom stereocenters. The first-order valence-corrected chi connectivity index (χ1v) is 5.95. The van der Waals surface area contributed by atoms with Gasteiger partial charge in [-0.05, 0) is 29.8 Å². The van der Waals surface area contributed by atoms with Crippen LogP contribution in [-0.2, 0) is 0 Å². The molecule has 0 aliphatic heterocycles. The van der Waals surface area contributed by atoms with Crippen LogP contribution in [0.25, 0.3) is 0 Å². The van der Waals surface area contributed by atoms with E-state index in [0.29, 0.717) is 22.1 Å². The summed E-state index contributed by atoms with van der Waals surface area (Å²) in [7, 11) is 0. The van der Waals surface area contributed by atoms with Gasteiger partial charge in [-0.2, -0.15) is 4.98 Å². The van der Waals surface area contributed by atoms with Crippen LogP contribution in [0.15, 0.2) is 35.4 Å². The van der Waals surface area contributed by atoms with Gasteiger partial charge >= 0.3 is 6.09 Å². The van der Waals surface area contributed by atoms with E-state index in [-0.39, 0.29) is 12.7 Å². The zero-order valence-electron chi connectivity index (χ0n) is 9.46. The molecule has 0 saturated heterocycles. The summed E-state index contributed by atoms with van der Waals surface area (Å²) in [6.07, 6.45) is 0.345. The fourth-order valence-electron chi connectivity index (χ4n) is 1.38. The molecule has 0 bridgehead atoms. The van der Waals surface area contributed by atoms with Gasteiger partial charge in [0.2, 0.25) is 5.28 Å². The molecule has 20 heavy (non-hydrogen) atoms. The molecule has 1 amide bonds. The molecule has 0 aliphatic rings. The number of aromatic nitrogens is 2. The average Bonchev–Trinajstić information content (AvgIpc) is 2.33. The van der Waals surface area contributed by atoms with Gasteiger partial charge in [-0.3, -0.25) is 5.32 Å². The van der Waals surface area contributed by atoms with Crippen LogP contribution in [0.5, 0.6) is 0 Å². The second-order valence-corrected chi connectivity index (χ2v) is 4.33. The summed E-state index contributed by atoms with van der Waals surface area (Å²) in [5.74, 6) is 0.441. The number of thiol groups is 1. The van der Waals surface area contributed by atoms with Gasteiger partial charge in [-0.1, -0.05) is 13.5 Å². The maximum atomic E-state index is 10.6. The summed E-state index contributed by atoms with van der Waals surface area (Å²) in [5.41, 5.74) is 1.09. The molecule has 0 radical (unpaired) electrons. The van der Waals surface area contributed by atoms with Crippen LogP contribution < -0.4 is 10.6 Å². The Morgan fingerprint density at radius 3 is 2.75 bits per heavy atom. The Labute approximate surface area is 126 Å². The van der Waals surface area contributed by atoms with Crippen molar-refractivity contribution in [2.24, 2.45) is 0 Å². The number of carbonyl (C=O) groups is 1. The molecule has 0 saturated carbocycles. The Bertz CT molecular complexity index is 624. The van der Waals surface area contributed by atoms with E-state index < -0.39 is 6.09 Å². The number of nitrogens with zero attached hydrogens (tertiary/aromatic N) is 2. The molecule has 1 aromatic carbocycles. The highest BCUT2D eigenvalue weighted by Crippen LogP contribution is 2.24. The summed E-state index contributed by atoms with van der Waals surface area (Å²) >= 11 is 9.90. The van der Waals surface area contributed by atoms with Gasteiger partial charge in [0, 0.05) is 17.6 Å². The molecule has 6 nitrogen and oxygen atoms in total. The number of anilines is 3. The number of halogens is 1. The minimum Gasteiger partial charge on any atom is -0.465 e. The first-order valence-electron chi connectivity index (χ1n) is 5.13. The third-order valence-electron chi connectivity index (χ3n) is 2.12. The van der Waals surface area contributed by atoms with Crippen molar-refractivity contribution in [3.8, 4) is 0 Å². The fourth-order valence-corrected chi connectivity index (χ4v) is 1.68. The van der Waals surface area contributed by atoms with Crippen molar-refractivity contribution in [3.63, 3.8) is 0 Å². The van der Waals surface area contributed by atoms with E-state index in [1.54, 1.807) is 24.3 Å². The average molecular weight is 313 g/mol. The number of hydrogen-bond donors (Lipinski definition) is 4. The highest BCUT2D eigenvalue weighted by Gasteiger charge is 2.05. The molecule has 0 atom stereocenters. The standard InChI is InChI=1S/C11H9ClN4O2S.CH4/c12-10-13-5-8(19)9(16-10)14-6-2-1-3-7(4-6)15-11(17)18;/h1-5,15,19H,(H,17,18)(H,13,14,16);1H4.